The highest BCUT2D eigenvalue weighted by atomic mass is 16.3. The van der Waals surface area contributed by atoms with Gasteiger partial charge in [-0.1, -0.05) is 84.9 Å². The molecular formula is C35H25N3O. The molecule has 0 radical (unpaired) electrons. The zero-order valence-corrected chi connectivity index (χ0v) is 21.7. The quantitative estimate of drug-likeness (QED) is 0.242. The largest absolute Gasteiger partial charge is 0.466 e. The molecule has 0 amide bonds. The van der Waals surface area contributed by atoms with Gasteiger partial charge in [0.2, 0.25) is 0 Å². The van der Waals surface area contributed by atoms with Crippen LogP contribution in [-0.2, 0) is 5.41 Å². The van der Waals surface area contributed by atoms with Crippen molar-refractivity contribution in [1.82, 2.24) is 14.5 Å². The van der Waals surface area contributed by atoms with Crippen molar-refractivity contribution in [2.24, 2.45) is 0 Å². The second-order valence-electron chi connectivity index (χ2n) is 10.7. The number of hydrogen-bond donors (Lipinski definition) is 0. The standard InChI is InChI=1S/C35H25N3O/c1-35(2)27-15-9-14-25-26-20-24(16-17-30(26)38(32(25)27)31-18-19-39-33(31)35)29-21-28(22-10-5-3-6-11-22)36-34(37-29)23-12-7-4-8-13-23/h3-21H,1-2H3. The summed E-state index contributed by atoms with van der Waals surface area (Å²) in [5.41, 5.74) is 9.54. The molecule has 0 N–H and O–H groups in total. The molecule has 0 spiro atoms. The summed E-state index contributed by atoms with van der Waals surface area (Å²) in [5.74, 6) is 1.72. The Bertz CT molecular complexity index is 1970. The van der Waals surface area contributed by atoms with Gasteiger partial charge in [0.25, 0.3) is 0 Å². The maximum Gasteiger partial charge on any atom is 0.160 e. The summed E-state index contributed by atoms with van der Waals surface area (Å²) in [6.07, 6.45) is 1.81. The maximum absolute atomic E-state index is 6.04. The fourth-order valence-electron chi connectivity index (χ4n) is 6.12. The van der Waals surface area contributed by atoms with Gasteiger partial charge in [0.1, 0.15) is 5.76 Å². The maximum atomic E-state index is 6.04. The van der Waals surface area contributed by atoms with E-state index in [1.807, 2.05) is 36.4 Å². The van der Waals surface area contributed by atoms with Gasteiger partial charge < -0.3 is 8.98 Å². The van der Waals surface area contributed by atoms with Crippen molar-refractivity contribution in [1.29, 1.82) is 0 Å². The highest BCUT2D eigenvalue weighted by Gasteiger charge is 2.37. The summed E-state index contributed by atoms with van der Waals surface area (Å²) < 4.78 is 8.40. The lowest BCUT2D eigenvalue weighted by atomic mass is 9.79. The van der Waals surface area contributed by atoms with Crippen molar-refractivity contribution in [3.05, 3.63) is 127 Å². The van der Waals surface area contributed by atoms with Crippen LogP contribution in [-0.4, -0.2) is 14.5 Å². The Morgan fingerprint density at radius 3 is 2.13 bits per heavy atom. The average molecular weight is 504 g/mol. The summed E-state index contributed by atoms with van der Waals surface area (Å²) in [7, 11) is 0. The molecule has 0 bridgehead atoms. The molecule has 0 aliphatic carbocycles. The minimum atomic E-state index is -0.215. The molecule has 4 nitrogen and oxygen atoms in total. The molecule has 0 unspecified atom stereocenters. The van der Waals surface area contributed by atoms with E-state index < -0.39 is 0 Å². The van der Waals surface area contributed by atoms with Crippen LogP contribution in [0.4, 0.5) is 0 Å². The van der Waals surface area contributed by atoms with E-state index in [-0.39, 0.29) is 5.41 Å². The minimum absolute atomic E-state index is 0.215. The lowest BCUT2D eigenvalue weighted by molar-refractivity contribution is 0.425. The summed E-state index contributed by atoms with van der Waals surface area (Å²) in [4.78, 5) is 10.0. The Morgan fingerprint density at radius 1 is 0.641 bits per heavy atom. The van der Waals surface area contributed by atoms with Gasteiger partial charge in [0, 0.05) is 33.5 Å². The van der Waals surface area contributed by atoms with Crippen LogP contribution in [0.2, 0.25) is 0 Å². The average Bonchev–Trinajstić information content (AvgIpc) is 3.61. The highest BCUT2D eigenvalue weighted by Crippen LogP contribution is 2.48. The summed E-state index contributed by atoms with van der Waals surface area (Å²) in [6, 6.07) is 38.0. The third-order valence-corrected chi connectivity index (χ3v) is 8.04. The van der Waals surface area contributed by atoms with Crippen molar-refractivity contribution in [2.75, 3.05) is 0 Å². The number of benzene rings is 4. The number of aromatic nitrogens is 3. The number of para-hydroxylation sites is 1. The van der Waals surface area contributed by atoms with Crippen molar-refractivity contribution in [3.63, 3.8) is 0 Å². The molecule has 8 rings (SSSR count). The molecule has 7 aromatic rings. The SMILES string of the molecule is CC1(C)c2occc2-n2c3ccc(-c4cc(-c5ccccc5)nc(-c5ccccc5)n4)cc3c3cccc1c32. The van der Waals surface area contributed by atoms with Crippen LogP contribution in [0.5, 0.6) is 0 Å². The fraction of sp³-hybridized carbons (Fsp3) is 0.0857. The van der Waals surface area contributed by atoms with E-state index >= 15 is 0 Å². The van der Waals surface area contributed by atoms with Crippen LogP contribution in [0.3, 0.4) is 0 Å². The van der Waals surface area contributed by atoms with E-state index in [0.717, 1.165) is 45.4 Å². The Balaban J connectivity index is 1.39. The minimum Gasteiger partial charge on any atom is -0.466 e. The van der Waals surface area contributed by atoms with Gasteiger partial charge in [-0.15, -0.1) is 0 Å². The molecule has 0 fully saturated rings. The fourth-order valence-corrected chi connectivity index (χ4v) is 6.12. The molecular weight excluding hydrogens is 478 g/mol. The third kappa shape index (κ3) is 3.18. The van der Waals surface area contributed by atoms with Crippen LogP contribution < -0.4 is 0 Å². The van der Waals surface area contributed by atoms with Crippen LogP contribution in [0.15, 0.2) is 120 Å². The zero-order chi connectivity index (χ0) is 26.1. The first kappa shape index (κ1) is 22.1. The highest BCUT2D eigenvalue weighted by molar-refractivity contribution is 6.12. The second kappa shape index (κ2) is 8.02. The van der Waals surface area contributed by atoms with E-state index in [9.17, 15) is 0 Å². The number of fused-ring (bicyclic) bond motifs is 5. The summed E-state index contributed by atoms with van der Waals surface area (Å²) >= 11 is 0. The molecule has 4 aromatic carbocycles. The third-order valence-electron chi connectivity index (χ3n) is 8.04. The number of hydrogen-bond acceptors (Lipinski definition) is 3. The molecule has 39 heavy (non-hydrogen) atoms. The monoisotopic (exact) mass is 503 g/mol. The number of rotatable bonds is 3. The Hall–Kier alpha value is -4.96. The first-order valence-electron chi connectivity index (χ1n) is 13.3. The van der Waals surface area contributed by atoms with E-state index in [1.165, 1.54) is 27.4 Å². The summed E-state index contributed by atoms with van der Waals surface area (Å²) in [5, 5.41) is 2.44. The van der Waals surface area contributed by atoms with Crippen LogP contribution >= 0.6 is 0 Å². The van der Waals surface area contributed by atoms with Crippen molar-refractivity contribution < 1.29 is 4.42 Å². The number of furan rings is 1. The Kier molecular flexibility index (Phi) is 4.54. The molecule has 1 aliphatic heterocycles. The molecule has 186 valence electrons. The van der Waals surface area contributed by atoms with Gasteiger partial charge in [-0.2, -0.15) is 0 Å². The van der Waals surface area contributed by atoms with Crippen molar-refractivity contribution in [3.8, 4) is 39.6 Å². The lowest BCUT2D eigenvalue weighted by Crippen LogP contribution is -2.24. The second-order valence-corrected chi connectivity index (χ2v) is 10.7. The van der Waals surface area contributed by atoms with Gasteiger partial charge >= 0.3 is 0 Å². The Labute approximate surface area is 226 Å². The zero-order valence-electron chi connectivity index (χ0n) is 21.7. The molecule has 0 saturated carbocycles. The van der Waals surface area contributed by atoms with E-state index in [2.05, 4.69) is 91.2 Å². The normalized spacial score (nSPS) is 13.6. The first-order chi connectivity index (χ1) is 19.1. The molecule has 3 aromatic heterocycles. The molecule has 1 aliphatic rings. The van der Waals surface area contributed by atoms with E-state index in [1.54, 1.807) is 6.26 Å². The van der Waals surface area contributed by atoms with E-state index in [4.69, 9.17) is 14.4 Å². The van der Waals surface area contributed by atoms with Gasteiger partial charge in [-0.3, -0.25) is 0 Å². The molecule has 0 atom stereocenters. The molecule has 4 heterocycles. The Morgan fingerprint density at radius 2 is 1.36 bits per heavy atom. The summed E-state index contributed by atoms with van der Waals surface area (Å²) in [6.45, 7) is 4.49. The predicted octanol–water partition coefficient (Wildman–Crippen LogP) is 8.81. The van der Waals surface area contributed by atoms with Crippen molar-refractivity contribution >= 4 is 21.8 Å². The van der Waals surface area contributed by atoms with Crippen LogP contribution in [0.25, 0.3) is 61.4 Å². The van der Waals surface area contributed by atoms with Crippen molar-refractivity contribution in [2.45, 2.75) is 19.3 Å². The molecule has 4 heteroatoms. The number of nitrogens with zero attached hydrogens (tertiary/aromatic N) is 3. The molecule has 0 saturated heterocycles. The van der Waals surface area contributed by atoms with Gasteiger partial charge in [-0.05, 0) is 37.6 Å². The van der Waals surface area contributed by atoms with Crippen LogP contribution in [0, 0.1) is 0 Å². The predicted molar refractivity (Wildman–Crippen MR) is 157 cm³/mol. The van der Waals surface area contributed by atoms with Gasteiger partial charge in [0.15, 0.2) is 5.82 Å². The first-order valence-corrected chi connectivity index (χ1v) is 13.3. The smallest absolute Gasteiger partial charge is 0.160 e. The van der Waals surface area contributed by atoms with Gasteiger partial charge in [-0.25, -0.2) is 9.97 Å². The lowest BCUT2D eigenvalue weighted by Gasteiger charge is -2.30. The topological polar surface area (TPSA) is 43.9 Å². The van der Waals surface area contributed by atoms with Gasteiger partial charge in [0.05, 0.1) is 39.8 Å². The van der Waals surface area contributed by atoms with E-state index in [0.29, 0.717) is 0 Å². The van der Waals surface area contributed by atoms with Crippen LogP contribution in [0.1, 0.15) is 25.2 Å².